The quantitative estimate of drug-likeness (QED) is 0.760. The molecule has 0 aromatic heterocycles. The Kier molecular flexibility index (Phi) is 5.27. The van der Waals surface area contributed by atoms with Gasteiger partial charge in [-0.3, -0.25) is 4.79 Å². The van der Waals surface area contributed by atoms with E-state index >= 15 is 0 Å². The van der Waals surface area contributed by atoms with Crippen molar-refractivity contribution in [2.75, 3.05) is 18.6 Å². The molecular weight excluding hydrogens is 337 g/mol. The summed E-state index contributed by atoms with van der Waals surface area (Å²) in [5.74, 6) is -1.86. The van der Waals surface area contributed by atoms with Crippen LogP contribution in [0.1, 0.15) is 29.3 Å². The Bertz CT molecular complexity index is 762. The van der Waals surface area contributed by atoms with Crippen molar-refractivity contribution in [3.8, 4) is 0 Å². The van der Waals surface area contributed by atoms with Crippen LogP contribution in [0.25, 0.3) is 0 Å². The number of benzene rings is 1. The van der Waals surface area contributed by atoms with Gasteiger partial charge in [-0.15, -0.1) is 0 Å². The van der Waals surface area contributed by atoms with Crippen LogP contribution in [0.5, 0.6) is 0 Å². The second-order valence-electron chi connectivity index (χ2n) is 6.02. The number of hydrogen-bond donors (Lipinski definition) is 0. The molecule has 8 heteroatoms. The predicted octanol–water partition coefficient (Wildman–Crippen LogP) is 1.32. The standard InChI is InChI=1S/C16H20FNO5S/c1-10-4-5-12(8-14(10)17)16(20)23-11(2)15(19)18(3)13-6-7-24(21,22)9-13/h4-5,8,11,13H,6-7,9H2,1-3H3/t11-,13-/m0/s1. The van der Waals surface area contributed by atoms with Gasteiger partial charge < -0.3 is 9.64 Å². The number of sulfone groups is 1. The molecule has 1 fully saturated rings. The van der Waals surface area contributed by atoms with Gasteiger partial charge in [0.25, 0.3) is 5.91 Å². The number of esters is 1. The molecule has 1 saturated heterocycles. The van der Waals surface area contributed by atoms with E-state index in [1.54, 1.807) is 6.92 Å². The SMILES string of the molecule is Cc1ccc(C(=O)O[C@@H](C)C(=O)N(C)[C@H]2CCS(=O)(=O)C2)cc1F. The maximum Gasteiger partial charge on any atom is 0.339 e. The first-order valence-electron chi connectivity index (χ1n) is 7.55. The summed E-state index contributed by atoms with van der Waals surface area (Å²) in [7, 11) is -1.63. The molecule has 0 N–H and O–H groups in total. The van der Waals surface area contributed by atoms with Crippen LogP contribution in [0.3, 0.4) is 0 Å². The second-order valence-corrected chi connectivity index (χ2v) is 8.25. The molecule has 1 heterocycles. The van der Waals surface area contributed by atoms with Crippen LogP contribution in [0.15, 0.2) is 18.2 Å². The number of carbonyl (C=O) groups is 2. The van der Waals surface area contributed by atoms with Crippen LogP contribution < -0.4 is 0 Å². The van der Waals surface area contributed by atoms with E-state index in [-0.39, 0.29) is 17.1 Å². The van der Waals surface area contributed by atoms with Crippen molar-refractivity contribution in [1.29, 1.82) is 0 Å². The third kappa shape index (κ3) is 4.11. The minimum atomic E-state index is -3.12. The monoisotopic (exact) mass is 357 g/mol. The Hall–Kier alpha value is -1.96. The van der Waals surface area contributed by atoms with Crippen LogP contribution in [0.4, 0.5) is 4.39 Å². The van der Waals surface area contributed by atoms with Gasteiger partial charge in [0.05, 0.1) is 17.1 Å². The van der Waals surface area contributed by atoms with Crippen LogP contribution in [-0.4, -0.2) is 55.9 Å². The molecule has 1 aliphatic heterocycles. The van der Waals surface area contributed by atoms with Gasteiger partial charge in [-0.2, -0.15) is 0 Å². The summed E-state index contributed by atoms with van der Waals surface area (Å²) >= 11 is 0. The molecule has 132 valence electrons. The summed E-state index contributed by atoms with van der Waals surface area (Å²) in [6.45, 7) is 2.98. The minimum Gasteiger partial charge on any atom is -0.449 e. The number of carbonyl (C=O) groups excluding carboxylic acids is 2. The molecular formula is C16H20FNO5S. The Morgan fingerprint density at radius 2 is 2.04 bits per heavy atom. The van der Waals surface area contributed by atoms with Gasteiger partial charge in [0.15, 0.2) is 15.9 Å². The first-order chi connectivity index (χ1) is 11.1. The third-order valence-corrected chi connectivity index (χ3v) is 5.89. The van der Waals surface area contributed by atoms with Crippen molar-refractivity contribution in [2.45, 2.75) is 32.4 Å². The molecule has 0 spiro atoms. The Balaban J connectivity index is 2.00. The number of likely N-dealkylation sites (N-methyl/N-ethyl adjacent to an activating group) is 1. The summed E-state index contributed by atoms with van der Waals surface area (Å²) in [5.41, 5.74) is 0.418. The van der Waals surface area contributed by atoms with Gasteiger partial charge in [-0.05, 0) is 38.0 Å². The normalized spacial score (nSPS) is 20.4. The summed E-state index contributed by atoms with van der Waals surface area (Å²) in [4.78, 5) is 25.6. The molecule has 1 aromatic rings. The van der Waals surface area contributed by atoms with E-state index in [1.165, 1.54) is 31.0 Å². The number of hydrogen-bond acceptors (Lipinski definition) is 5. The number of nitrogens with zero attached hydrogens (tertiary/aromatic N) is 1. The fourth-order valence-corrected chi connectivity index (χ4v) is 4.32. The van der Waals surface area contributed by atoms with Gasteiger partial charge in [-0.25, -0.2) is 17.6 Å². The highest BCUT2D eigenvalue weighted by molar-refractivity contribution is 7.91. The summed E-state index contributed by atoms with van der Waals surface area (Å²) in [6, 6.07) is 3.52. The van der Waals surface area contributed by atoms with Crippen LogP contribution in [0.2, 0.25) is 0 Å². The lowest BCUT2D eigenvalue weighted by Gasteiger charge is -2.26. The van der Waals surface area contributed by atoms with Crippen molar-refractivity contribution in [3.05, 3.63) is 35.1 Å². The zero-order valence-corrected chi connectivity index (χ0v) is 14.6. The highest BCUT2D eigenvalue weighted by Gasteiger charge is 2.35. The van der Waals surface area contributed by atoms with Gasteiger partial charge in [0.2, 0.25) is 0 Å². The number of ether oxygens (including phenoxy) is 1. The number of aryl methyl sites for hydroxylation is 1. The molecule has 1 amide bonds. The number of amides is 1. The fraction of sp³-hybridized carbons (Fsp3) is 0.500. The van der Waals surface area contributed by atoms with Crippen molar-refractivity contribution >= 4 is 21.7 Å². The van der Waals surface area contributed by atoms with E-state index in [0.717, 1.165) is 6.07 Å². The maximum absolute atomic E-state index is 13.5. The molecule has 1 aromatic carbocycles. The predicted molar refractivity (Wildman–Crippen MR) is 85.8 cm³/mol. The largest absolute Gasteiger partial charge is 0.449 e. The molecule has 2 rings (SSSR count). The van der Waals surface area contributed by atoms with Crippen molar-refractivity contribution in [3.63, 3.8) is 0 Å². The zero-order valence-electron chi connectivity index (χ0n) is 13.8. The van der Waals surface area contributed by atoms with E-state index in [1.807, 2.05) is 0 Å². The van der Waals surface area contributed by atoms with Crippen LogP contribution in [0, 0.1) is 12.7 Å². The maximum atomic E-state index is 13.5. The molecule has 2 atom stereocenters. The molecule has 0 saturated carbocycles. The molecule has 6 nitrogen and oxygen atoms in total. The van der Waals surface area contributed by atoms with Crippen molar-refractivity contribution < 1.29 is 27.1 Å². The number of halogens is 1. The average molecular weight is 357 g/mol. The summed E-state index contributed by atoms with van der Waals surface area (Å²) < 4.78 is 41.6. The Labute approximate surface area is 140 Å². The highest BCUT2D eigenvalue weighted by atomic mass is 32.2. The van der Waals surface area contributed by atoms with Crippen molar-refractivity contribution in [1.82, 2.24) is 4.90 Å². The topological polar surface area (TPSA) is 80.8 Å². The van der Waals surface area contributed by atoms with E-state index < -0.39 is 39.7 Å². The lowest BCUT2D eigenvalue weighted by Crippen LogP contribution is -2.44. The first kappa shape index (κ1) is 18.4. The highest BCUT2D eigenvalue weighted by Crippen LogP contribution is 2.18. The van der Waals surface area contributed by atoms with E-state index in [9.17, 15) is 22.4 Å². The van der Waals surface area contributed by atoms with Crippen LogP contribution in [-0.2, 0) is 19.4 Å². The van der Waals surface area contributed by atoms with Gasteiger partial charge in [-0.1, -0.05) is 6.07 Å². The third-order valence-electron chi connectivity index (χ3n) is 4.14. The summed E-state index contributed by atoms with van der Waals surface area (Å²) in [6.07, 6.45) is -0.718. The minimum absolute atomic E-state index is 0.0175. The lowest BCUT2D eigenvalue weighted by molar-refractivity contribution is -0.140. The summed E-state index contributed by atoms with van der Waals surface area (Å²) in [5, 5.41) is 0. The molecule has 24 heavy (non-hydrogen) atoms. The van der Waals surface area contributed by atoms with Gasteiger partial charge in [0.1, 0.15) is 5.82 Å². The molecule has 0 radical (unpaired) electrons. The van der Waals surface area contributed by atoms with Gasteiger partial charge in [0, 0.05) is 13.1 Å². The molecule has 0 bridgehead atoms. The second kappa shape index (κ2) is 6.88. The van der Waals surface area contributed by atoms with Crippen molar-refractivity contribution in [2.24, 2.45) is 0 Å². The smallest absolute Gasteiger partial charge is 0.339 e. The average Bonchev–Trinajstić information content (AvgIpc) is 2.88. The molecule has 0 unspecified atom stereocenters. The molecule has 0 aliphatic carbocycles. The lowest BCUT2D eigenvalue weighted by atomic mass is 10.1. The fourth-order valence-electron chi connectivity index (χ4n) is 2.55. The first-order valence-corrected chi connectivity index (χ1v) is 9.37. The number of rotatable bonds is 4. The van der Waals surface area contributed by atoms with E-state index in [2.05, 4.69) is 0 Å². The molecule has 1 aliphatic rings. The zero-order chi connectivity index (χ0) is 18.1. The van der Waals surface area contributed by atoms with Crippen LogP contribution >= 0.6 is 0 Å². The van der Waals surface area contributed by atoms with E-state index in [4.69, 9.17) is 4.74 Å². The van der Waals surface area contributed by atoms with Gasteiger partial charge >= 0.3 is 5.97 Å². The van der Waals surface area contributed by atoms with E-state index in [0.29, 0.717) is 12.0 Å². The Morgan fingerprint density at radius 1 is 1.38 bits per heavy atom. The Morgan fingerprint density at radius 3 is 2.58 bits per heavy atom.